The van der Waals surface area contributed by atoms with Gasteiger partial charge in [0, 0.05) is 18.7 Å². The smallest absolute Gasteiger partial charge is 0.411 e. The van der Waals surface area contributed by atoms with Crippen LogP contribution in [0.15, 0.2) is 30.3 Å². The van der Waals surface area contributed by atoms with Gasteiger partial charge in [-0.3, -0.25) is 15.0 Å². The van der Waals surface area contributed by atoms with Crippen LogP contribution in [-0.4, -0.2) is 47.8 Å². The van der Waals surface area contributed by atoms with Crippen molar-refractivity contribution < 1.29 is 19.4 Å². The van der Waals surface area contributed by atoms with Crippen molar-refractivity contribution in [3.63, 3.8) is 0 Å². The second kappa shape index (κ2) is 5.71. The molecule has 1 aromatic rings. The van der Waals surface area contributed by atoms with Gasteiger partial charge in [0.05, 0.1) is 0 Å². The van der Waals surface area contributed by atoms with Gasteiger partial charge in [0.25, 0.3) is 0 Å². The van der Waals surface area contributed by atoms with Crippen LogP contribution in [0.5, 0.6) is 0 Å². The van der Waals surface area contributed by atoms with Crippen molar-refractivity contribution in [2.75, 3.05) is 18.9 Å². The molecule has 0 bridgehead atoms. The summed E-state index contributed by atoms with van der Waals surface area (Å²) in [6, 6.07) is 8.37. The van der Waals surface area contributed by atoms with E-state index in [1.807, 2.05) is 6.07 Å². The van der Waals surface area contributed by atoms with Crippen molar-refractivity contribution in [1.29, 1.82) is 0 Å². The molecule has 0 aliphatic carbocycles. The Labute approximate surface area is 111 Å². The Morgan fingerprint density at radius 3 is 2.63 bits per heavy atom. The quantitative estimate of drug-likeness (QED) is 0.862. The Bertz CT molecular complexity index is 463. The van der Waals surface area contributed by atoms with Gasteiger partial charge in [0.1, 0.15) is 12.1 Å². The fourth-order valence-electron chi connectivity index (χ4n) is 2.15. The molecule has 1 aromatic carbocycles. The number of nitrogens with one attached hydrogen (secondary N) is 1. The number of likely N-dealkylation sites (N-methyl/N-ethyl adjacent to an activating group) is 1. The van der Waals surface area contributed by atoms with E-state index in [0.29, 0.717) is 18.7 Å². The summed E-state index contributed by atoms with van der Waals surface area (Å²) >= 11 is 0. The third-order valence-corrected chi connectivity index (χ3v) is 3.09. The van der Waals surface area contributed by atoms with E-state index >= 15 is 0 Å². The zero-order valence-electron chi connectivity index (χ0n) is 10.6. The Morgan fingerprint density at radius 2 is 2.05 bits per heavy atom. The molecule has 19 heavy (non-hydrogen) atoms. The monoisotopic (exact) mass is 264 g/mol. The van der Waals surface area contributed by atoms with Gasteiger partial charge in [-0.1, -0.05) is 18.2 Å². The summed E-state index contributed by atoms with van der Waals surface area (Å²) in [7, 11) is 1.71. The van der Waals surface area contributed by atoms with Crippen LogP contribution in [0, 0.1) is 0 Å². The zero-order valence-corrected chi connectivity index (χ0v) is 10.6. The van der Waals surface area contributed by atoms with E-state index in [1.165, 1.54) is 0 Å². The van der Waals surface area contributed by atoms with Crippen LogP contribution in [-0.2, 0) is 9.53 Å². The zero-order chi connectivity index (χ0) is 13.8. The van der Waals surface area contributed by atoms with Gasteiger partial charge in [0.2, 0.25) is 0 Å². The standard InChI is InChI=1S/C13H16N2O4/c1-15-8-10(7-11(15)12(16)17)19-13(18)14-9-5-3-2-4-6-9/h2-6,10-11H,7-8H2,1H3,(H,14,18)(H,16,17). The molecule has 6 nitrogen and oxygen atoms in total. The number of likely N-dealkylation sites (tertiary alicyclic amines) is 1. The summed E-state index contributed by atoms with van der Waals surface area (Å²) in [5.74, 6) is -0.892. The first-order valence-electron chi connectivity index (χ1n) is 6.02. The highest BCUT2D eigenvalue weighted by atomic mass is 16.6. The molecule has 0 aromatic heterocycles. The summed E-state index contributed by atoms with van der Waals surface area (Å²) in [6.07, 6.45) is -0.640. The van der Waals surface area contributed by atoms with Crippen LogP contribution in [0.1, 0.15) is 6.42 Å². The average Bonchev–Trinajstić information content (AvgIpc) is 2.71. The molecule has 1 aliphatic heterocycles. The molecular weight excluding hydrogens is 248 g/mol. The molecule has 0 spiro atoms. The number of para-hydroxylation sites is 1. The minimum atomic E-state index is -0.892. The largest absolute Gasteiger partial charge is 0.480 e. The molecule has 2 atom stereocenters. The summed E-state index contributed by atoms with van der Waals surface area (Å²) in [4.78, 5) is 24.3. The molecule has 2 unspecified atom stereocenters. The summed E-state index contributed by atoms with van der Waals surface area (Å²) in [5, 5.41) is 11.6. The van der Waals surface area contributed by atoms with Crippen LogP contribution < -0.4 is 5.32 Å². The van der Waals surface area contributed by atoms with Gasteiger partial charge < -0.3 is 9.84 Å². The number of benzene rings is 1. The highest BCUT2D eigenvalue weighted by Crippen LogP contribution is 2.19. The van der Waals surface area contributed by atoms with Crippen LogP contribution in [0.3, 0.4) is 0 Å². The Hall–Kier alpha value is -2.08. The normalized spacial score (nSPS) is 23.0. The first-order valence-corrected chi connectivity index (χ1v) is 6.02. The van der Waals surface area contributed by atoms with E-state index in [9.17, 15) is 9.59 Å². The van der Waals surface area contributed by atoms with E-state index in [-0.39, 0.29) is 0 Å². The molecular formula is C13H16N2O4. The maximum absolute atomic E-state index is 11.7. The minimum Gasteiger partial charge on any atom is -0.480 e. The van der Waals surface area contributed by atoms with Gasteiger partial charge in [-0.25, -0.2) is 4.79 Å². The molecule has 2 rings (SSSR count). The number of nitrogens with zero attached hydrogens (tertiary/aromatic N) is 1. The second-order valence-corrected chi connectivity index (χ2v) is 4.55. The highest BCUT2D eigenvalue weighted by Gasteiger charge is 2.36. The lowest BCUT2D eigenvalue weighted by molar-refractivity contribution is -0.141. The first-order chi connectivity index (χ1) is 9.06. The number of carboxylic acid groups (broad SMARTS) is 1. The van der Waals surface area contributed by atoms with Gasteiger partial charge in [-0.05, 0) is 19.2 Å². The van der Waals surface area contributed by atoms with Crippen molar-refractivity contribution in [1.82, 2.24) is 4.90 Å². The van der Waals surface area contributed by atoms with Crippen molar-refractivity contribution in [2.24, 2.45) is 0 Å². The number of aliphatic carboxylic acids is 1. The fraction of sp³-hybridized carbons (Fsp3) is 0.385. The molecule has 0 radical (unpaired) electrons. The number of hydrogen-bond donors (Lipinski definition) is 2. The maximum atomic E-state index is 11.7. The van der Waals surface area contributed by atoms with Crippen LogP contribution in [0.25, 0.3) is 0 Å². The van der Waals surface area contributed by atoms with E-state index in [4.69, 9.17) is 9.84 Å². The SMILES string of the molecule is CN1CC(OC(=O)Nc2ccccc2)CC1C(=O)O. The van der Waals surface area contributed by atoms with Crippen molar-refractivity contribution in [3.8, 4) is 0 Å². The molecule has 1 fully saturated rings. The third-order valence-electron chi connectivity index (χ3n) is 3.09. The number of carbonyl (C=O) groups excluding carboxylic acids is 1. The van der Waals surface area contributed by atoms with Crippen LogP contribution in [0.2, 0.25) is 0 Å². The first kappa shape index (κ1) is 13.4. The van der Waals surface area contributed by atoms with Gasteiger partial charge in [0.15, 0.2) is 0 Å². The van der Waals surface area contributed by atoms with Gasteiger partial charge in [-0.15, -0.1) is 0 Å². The van der Waals surface area contributed by atoms with E-state index in [1.54, 1.807) is 36.2 Å². The lowest BCUT2D eigenvalue weighted by Gasteiger charge is -2.13. The lowest BCUT2D eigenvalue weighted by Crippen LogP contribution is -2.32. The van der Waals surface area contributed by atoms with Crippen molar-refractivity contribution in [3.05, 3.63) is 30.3 Å². The van der Waals surface area contributed by atoms with Crippen molar-refractivity contribution >= 4 is 17.7 Å². The van der Waals surface area contributed by atoms with Gasteiger partial charge in [-0.2, -0.15) is 0 Å². The predicted octanol–water partition coefficient (Wildman–Crippen LogP) is 1.39. The topological polar surface area (TPSA) is 78.9 Å². The molecule has 2 N–H and O–H groups in total. The number of amides is 1. The van der Waals surface area contributed by atoms with Crippen molar-refractivity contribution in [2.45, 2.75) is 18.6 Å². The Morgan fingerprint density at radius 1 is 1.37 bits per heavy atom. The molecule has 1 aliphatic rings. The maximum Gasteiger partial charge on any atom is 0.411 e. The molecule has 0 saturated carbocycles. The lowest BCUT2D eigenvalue weighted by atomic mass is 10.2. The number of carbonyl (C=O) groups is 2. The number of hydrogen-bond acceptors (Lipinski definition) is 4. The molecule has 1 saturated heterocycles. The van der Waals surface area contributed by atoms with Crippen LogP contribution in [0.4, 0.5) is 10.5 Å². The van der Waals surface area contributed by atoms with E-state index in [2.05, 4.69) is 5.32 Å². The molecule has 102 valence electrons. The number of anilines is 1. The third kappa shape index (κ3) is 3.45. The molecule has 6 heteroatoms. The average molecular weight is 264 g/mol. The van der Waals surface area contributed by atoms with E-state index in [0.717, 1.165) is 0 Å². The molecule has 1 amide bonds. The second-order valence-electron chi connectivity index (χ2n) is 4.55. The summed E-state index contributed by atoms with van der Waals surface area (Å²) < 4.78 is 5.21. The van der Waals surface area contributed by atoms with E-state index < -0.39 is 24.2 Å². The summed E-state index contributed by atoms with van der Waals surface area (Å²) in [5.41, 5.74) is 0.647. The Balaban J connectivity index is 1.85. The predicted molar refractivity (Wildman–Crippen MR) is 69.0 cm³/mol. The Kier molecular flexibility index (Phi) is 4.01. The van der Waals surface area contributed by atoms with Gasteiger partial charge >= 0.3 is 12.1 Å². The molecule has 1 heterocycles. The number of ether oxygens (including phenoxy) is 1. The van der Waals surface area contributed by atoms with Crippen LogP contribution >= 0.6 is 0 Å². The number of rotatable bonds is 3. The fourth-order valence-corrected chi connectivity index (χ4v) is 2.15. The minimum absolute atomic E-state index is 0.314. The summed E-state index contributed by atoms with van der Waals surface area (Å²) in [6.45, 7) is 0.430. The number of carboxylic acids is 1. The highest BCUT2D eigenvalue weighted by molar-refractivity contribution is 5.84.